The second-order valence-corrected chi connectivity index (χ2v) is 6.51. The van der Waals surface area contributed by atoms with Gasteiger partial charge in [-0.25, -0.2) is 4.79 Å². The minimum atomic E-state index is -0.150. The van der Waals surface area contributed by atoms with Gasteiger partial charge in [0, 0.05) is 17.3 Å². The maximum Gasteiger partial charge on any atom is 0.319 e. The first kappa shape index (κ1) is 19.8. The summed E-state index contributed by atoms with van der Waals surface area (Å²) in [5, 5.41) is 6.35. The van der Waals surface area contributed by atoms with Crippen molar-refractivity contribution in [3.8, 4) is 0 Å². The van der Waals surface area contributed by atoms with Crippen LogP contribution in [0.15, 0.2) is 24.3 Å². The summed E-state index contributed by atoms with van der Waals surface area (Å²) < 4.78 is 0. The van der Waals surface area contributed by atoms with Gasteiger partial charge in [-0.05, 0) is 30.7 Å². The van der Waals surface area contributed by atoms with Crippen molar-refractivity contribution < 1.29 is 4.79 Å². The Morgan fingerprint density at radius 1 is 0.870 bits per heavy atom. The highest BCUT2D eigenvalue weighted by atomic mass is 35.5. The standard InChI is InChI=1S/C19H31ClN2O/c1-2-3-4-5-6-7-8-9-10-11-16-21-19(23)22-18-14-12-17(20)13-15-18/h12-15H,2-11,16H2,1H3,(H2,21,22,23). The van der Waals surface area contributed by atoms with Gasteiger partial charge in [0.15, 0.2) is 0 Å². The minimum Gasteiger partial charge on any atom is -0.338 e. The SMILES string of the molecule is CCCCCCCCCCCCNC(=O)Nc1ccc(Cl)cc1. The van der Waals surface area contributed by atoms with E-state index in [0.29, 0.717) is 5.02 Å². The van der Waals surface area contributed by atoms with Crippen molar-refractivity contribution in [2.45, 2.75) is 71.1 Å². The van der Waals surface area contributed by atoms with Crippen molar-refractivity contribution in [1.29, 1.82) is 0 Å². The number of hydrogen-bond acceptors (Lipinski definition) is 1. The molecule has 0 aromatic heterocycles. The number of unbranched alkanes of at least 4 members (excludes halogenated alkanes) is 9. The number of hydrogen-bond donors (Lipinski definition) is 2. The third-order valence-corrected chi connectivity index (χ3v) is 4.17. The quantitative estimate of drug-likeness (QED) is 0.426. The first-order valence-corrected chi connectivity index (χ1v) is 9.40. The fourth-order valence-corrected chi connectivity index (χ4v) is 2.65. The largest absolute Gasteiger partial charge is 0.338 e. The average Bonchev–Trinajstić information content (AvgIpc) is 2.55. The number of rotatable bonds is 12. The van der Waals surface area contributed by atoms with Gasteiger partial charge in [-0.1, -0.05) is 76.3 Å². The molecule has 0 saturated carbocycles. The Bertz CT molecular complexity index is 420. The second kappa shape index (κ2) is 13.2. The first-order chi connectivity index (χ1) is 11.2. The number of amides is 2. The van der Waals surface area contributed by atoms with Gasteiger partial charge in [-0.2, -0.15) is 0 Å². The van der Waals surface area contributed by atoms with E-state index in [1.165, 1.54) is 57.8 Å². The van der Waals surface area contributed by atoms with E-state index in [9.17, 15) is 4.79 Å². The molecule has 2 N–H and O–H groups in total. The number of halogens is 1. The molecule has 0 spiro atoms. The molecule has 0 bridgehead atoms. The molecule has 1 aromatic rings. The molecule has 0 aliphatic rings. The topological polar surface area (TPSA) is 41.1 Å². The molecule has 0 unspecified atom stereocenters. The van der Waals surface area contributed by atoms with Gasteiger partial charge < -0.3 is 10.6 Å². The Morgan fingerprint density at radius 3 is 1.96 bits per heavy atom. The summed E-state index contributed by atoms with van der Waals surface area (Å²) in [5.41, 5.74) is 0.759. The smallest absolute Gasteiger partial charge is 0.319 e. The molecule has 23 heavy (non-hydrogen) atoms. The summed E-state index contributed by atoms with van der Waals surface area (Å²) in [6, 6.07) is 6.97. The predicted octanol–water partition coefficient (Wildman–Crippen LogP) is 6.38. The number of carbonyl (C=O) groups excluding carboxylic acids is 1. The van der Waals surface area contributed by atoms with Crippen LogP contribution in [0.4, 0.5) is 10.5 Å². The molecule has 130 valence electrons. The fraction of sp³-hybridized carbons (Fsp3) is 0.632. The monoisotopic (exact) mass is 338 g/mol. The van der Waals surface area contributed by atoms with E-state index >= 15 is 0 Å². The zero-order chi connectivity index (χ0) is 16.8. The summed E-state index contributed by atoms with van der Waals surface area (Å²) in [4.78, 5) is 11.7. The maximum atomic E-state index is 11.7. The second-order valence-electron chi connectivity index (χ2n) is 6.07. The number of benzene rings is 1. The van der Waals surface area contributed by atoms with E-state index in [0.717, 1.165) is 18.7 Å². The highest BCUT2D eigenvalue weighted by Crippen LogP contribution is 2.13. The van der Waals surface area contributed by atoms with E-state index in [1.54, 1.807) is 24.3 Å². The molecule has 0 fully saturated rings. The van der Waals surface area contributed by atoms with E-state index in [4.69, 9.17) is 11.6 Å². The lowest BCUT2D eigenvalue weighted by Gasteiger charge is -2.07. The van der Waals surface area contributed by atoms with Crippen LogP contribution in [0, 0.1) is 0 Å². The Labute approximate surface area is 146 Å². The van der Waals surface area contributed by atoms with E-state index < -0.39 is 0 Å². The van der Waals surface area contributed by atoms with Crippen LogP contribution in [0.2, 0.25) is 5.02 Å². The molecule has 0 aliphatic carbocycles. The van der Waals surface area contributed by atoms with Crippen molar-refractivity contribution in [2.75, 3.05) is 11.9 Å². The van der Waals surface area contributed by atoms with Crippen LogP contribution in [0.3, 0.4) is 0 Å². The predicted molar refractivity (Wildman–Crippen MR) is 100 cm³/mol. The van der Waals surface area contributed by atoms with Gasteiger partial charge in [0.25, 0.3) is 0 Å². The fourth-order valence-electron chi connectivity index (χ4n) is 2.52. The summed E-state index contributed by atoms with van der Waals surface area (Å²) in [6.45, 7) is 2.99. The lowest BCUT2D eigenvalue weighted by molar-refractivity contribution is 0.252. The minimum absolute atomic E-state index is 0.150. The van der Waals surface area contributed by atoms with Crippen molar-refractivity contribution in [3.05, 3.63) is 29.3 Å². The van der Waals surface area contributed by atoms with E-state index in [2.05, 4.69) is 17.6 Å². The maximum absolute atomic E-state index is 11.7. The van der Waals surface area contributed by atoms with Crippen LogP contribution >= 0.6 is 11.6 Å². The number of urea groups is 1. The zero-order valence-electron chi connectivity index (χ0n) is 14.4. The number of anilines is 1. The normalized spacial score (nSPS) is 10.5. The molecule has 0 aliphatic heterocycles. The van der Waals surface area contributed by atoms with Crippen LogP contribution < -0.4 is 10.6 Å². The summed E-state index contributed by atoms with van der Waals surface area (Å²) in [6.07, 6.45) is 13.0. The van der Waals surface area contributed by atoms with Gasteiger partial charge in [0.2, 0.25) is 0 Å². The summed E-state index contributed by atoms with van der Waals surface area (Å²) >= 11 is 5.81. The molecule has 0 atom stereocenters. The molecule has 1 aromatic carbocycles. The van der Waals surface area contributed by atoms with Crippen LogP contribution in [-0.2, 0) is 0 Å². The molecule has 0 radical (unpaired) electrons. The average molecular weight is 339 g/mol. The van der Waals surface area contributed by atoms with Crippen molar-refractivity contribution in [2.24, 2.45) is 0 Å². The molecule has 0 heterocycles. The van der Waals surface area contributed by atoms with Gasteiger partial charge in [-0.3, -0.25) is 0 Å². The highest BCUT2D eigenvalue weighted by molar-refractivity contribution is 6.30. The molecule has 0 saturated heterocycles. The van der Waals surface area contributed by atoms with Gasteiger partial charge in [0.05, 0.1) is 0 Å². The molecular weight excluding hydrogens is 308 g/mol. The molecular formula is C19H31ClN2O. The Hall–Kier alpha value is -1.22. The molecule has 3 nitrogen and oxygen atoms in total. The van der Waals surface area contributed by atoms with Crippen molar-refractivity contribution in [1.82, 2.24) is 5.32 Å². The lowest BCUT2D eigenvalue weighted by atomic mass is 10.1. The molecule has 2 amide bonds. The number of carbonyl (C=O) groups is 1. The first-order valence-electron chi connectivity index (χ1n) is 9.03. The summed E-state index contributed by atoms with van der Waals surface area (Å²) in [7, 11) is 0. The Morgan fingerprint density at radius 2 is 1.39 bits per heavy atom. The molecule has 4 heteroatoms. The zero-order valence-corrected chi connectivity index (χ0v) is 15.1. The van der Waals surface area contributed by atoms with E-state index in [1.807, 2.05) is 0 Å². The highest BCUT2D eigenvalue weighted by Gasteiger charge is 2.00. The van der Waals surface area contributed by atoms with Crippen LogP contribution in [-0.4, -0.2) is 12.6 Å². The van der Waals surface area contributed by atoms with Crippen LogP contribution in [0.1, 0.15) is 71.1 Å². The van der Waals surface area contributed by atoms with Crippen LogP contribution in [0.25, 0.3) is 0 Å². The Kier molecular flexibility index (Phi) is 11.4. The van der Waals surface area contributed by atoms with Crippen LogP contribution in [0.5, 0.6) is 0 Å². The Balaban J connectivity index is 1.90. The summed E-state index contributed by atoms with van der Waals surface area (Å²) in [5.74, 6) is 0. The van der Waals surface area contributed by atoms with Crippen molar-refractivity contribution >= 4 is 23.3 Å². The number of nitrogens with one attached hydrogen (secondary N) is 2. The third kappa shape index (κ3) is 11.0. The van der Waals surface area contributed by atoms with Gasteiger partial charge in [0.1, 0.15) is 0 Å². The third-order valence-electron chi connectivity index (χ3n) is 3.92. The van der Waals surface area contributed by atoms with Gasteiger partial charge in [-0.15, -0.1) is 0 Å². The van der Waals surface area contributed by atoms with Gasteiger partial charge >= 0.3 is 6.03 Å². The lowest BCUT2D eigenvalue weighted by Crippen LogP contribution is -2.29. The van der Waals surface area contributed by atoms with Crippen molar-refractivity contribution in [3.63, 3.8) is 0 Å². The molecule has 1 rings (SSSR count). The van der Waals surface area contributed by atoms with E-state index in [-0.39, 0.29) is 6.03 Å².